The van der Waals surface area contributed by atoms with Crippen LogP contribution in [0.2, 0.25) is 0 Å². The summed E-state index contributed by atoms with van der Waals surface area (Å²) in [6.07, 6.45) is 2.08. The Bertz CT molecular complexity index is 237. The molecule has 0 fully saturated rings. The molecule has 2 N–H and O–H groups in total. The van der Waals surface area contributed by atoms with Gasteiger partial charge in [-0.15, -0.1) is 11.7 Å². The zero-order valence-electron chi connectivity index (χ0n) is 11.6. The lowest BCUT2D eigenvalue weighted by molar-refractivity contribution is -0.122. The maximum absolute atomic E-state index is 11.7. The van der Waals surface area contributed by atoms with Gasteiger partial charge in [0, 0.05) is 12.1 Å². The second-order valence-corrected chi connectivity index (χ2v) is 7.49. The van der Waals surface area contributed by atoms with Crippen molar-refractivity contribution < 1.29 is 4.79 Å². The molecule has 102 valence electrons. The summed E-state index contributed by atoms with van der Waals surface area (Å²) in [7, 11) is 1.28. The number of carbonyl (C=O) groups is 1. The molecule has 0 radical (unpaired) electrons. The summed E-state index contributed by atoms with van der Waals surface area (Å²) in [5.41, 5.74) is 0.175. The lowest BCUT2D eigenvalue weighted by atomic mass is 10.1. The normalized spacial score (nSPS) is 12.6. The lowest BCUT2D eigenvalue weighted by Crippen LogP contribution is -2.40. The van der Waals surface area contributed by atoms with Gasteiger partial charge in [-0.2, -0.15) is 0 Å². The molecule has 0 aliphatic carbocycles. The fourth-order valence-electron chi connectivity index (χ4n) is 1.17. The van der Waals surface area contributed by atoms with Gasteiger partial charge in [-0.25, -0.2) is 0 Å². The van der Waals surface area contributed by atoms with Gasteiger partial charge in [0.05, 0.1) is 4.75 Å². The standard InChI is InChI=1S/C12H26N2OS2/c1-11(2,3)14-9-7-6-8-13-10(15)12(4,5)17-16/h14,16H,6-9H2,1-5H3,(H,13,15). The fourth-order valence-corrected chi connectivity index (χ4v) is 1.57. The van der Waals surface area contributed by atoms with Crippen LogP contribution >= 0.6 is 22.5 Å². The SMILES string of the molecule is CC(C)(C)NCCCCNC(=O)C(C)(C)SS. The van der Waals surface area contributed by atoms with Crippen LogP contribution in [0.3, 0.4) is 0 Å². The van der Waals surface area contributed by atoms with Gasteiger partial charge < -0.3 is 10.6 Å². The van der Waals surface area contributed by atoms with Crippen LogP contribution in [0.4, 0.5) is 0 Å². The molecular formula is C12H26N2OS2. The Kier molecular flexibility index (Phi) is 7.60. The third-order valence-electron chi connectivity index (χ3n) is 2.32. The highest BCUT2D eigenvalue weighted by molar-refractivity contribution is 8.69. The van der Waals surface area contributed by atoms with E-state index in [0.29, 0.717) is 0 Å². The highest BCUT2D eigenvalue weighted by Gasteiger charge is 2.26. The molecule has 5 heteroatoms. The molecule has 0 spiro atoms. The minimum atomic E-state index is -0.452. The Balaban J connectivity index is 3.56. The van der Waals surface area contributed by atoms with Gasteiger partial charge in [-0.1, -0.05) is 10.8 Å². The van der Waals surface area contributed by atoms with E-state index < -0.39 is 4.75 Å². The number of thiol groups is 1. The van der Waals surface area contributed by atoms with Crippen molar-refractivity contribution in [2.24, 2.45) is 0 Å². The van der Waals surface area contributed by atoms with E-state index in [9.17, 15) is 4.79 Å². The monoisotopic (exact) mass is 278 g/mol. The molecule has 0 saturated carbocycles. The third kappa shape index (κ3) is 8.80. The molecule has 0 aliphatic heterocycles. The number of rotatable bonds is 7. The molecule has 0 aromatic heterocycles. The molecular weight excluding hydrogens is 252 g/mol. The summed E-state index contributed by atoms with van der Waals surface area (Å²) >= 11 is 4.10. The highest BCUT2D eigenvalue weighted by Crippen LogP contribution is 2.27. The molecule has 0 heterocycles. The van der Waals surface area contributed by atoms with Gasteiger partial charge in [0.2, 0.25) is 5.91 Å². The van der Waals surface area contributed by atoms with Crippen molar-refractivity contribution in [1.82, 2.24) is 10.6 Å². The summed E-state index contributed by atoms with van der Waals surface area (Å²) in [6, 6.07) is 0. The summed E-state index contributed by atoms with van der Waals surface area (Å²) in [6.45, 7) is 11.9. The van der Waals surface area contributed by atoms with E-state index in [4.69, 9.17) is 0 Å². The van der Waals surface area contributed by atoms with E-state index in [1.807, 2.05) is 13.8 Å². The molecule has 0 aromatic carbocycles. The van der Waals surface area contributed by atoms with Crippen molar-refractivity contribution in [2.75, 3.05) is 13.1 Å². The van der Waals surface area contributed by atoms with E-state index >= 15 is 0 Å². The van der Waals surface area contributed by atoms with E-state index in [1.165, 1.54) is 10.8 Å². The highest BCUT2D eigenvalue weighted by atomic mass is 33.1. The molecule has 0 unspecified atom stereocenters. The molecule has 0 saturated heterocycles. The van der Waals surface area contributed by atoms with Crippen LogP contribution < -0.4 is 10.6 Å². The Morgan fingerprint density at radius 2 is 1.65 bits per heavy atom. The first-order valence-corrected chi connectivity index (χ1v) is 7.92. The molecule has 0 atom stereocenters. The predicted molar refractivity (Wildman–Crippen MR) is 80.7 cm³/mol. The number of hydrogen-bond acceptors (Lipinski definition) is 4. The maximum Gasteiger partial charge on any atom is 0.236 e. The lowest BCUT2D eigenvalue weighted by Gasteiger charge is -2.21. The second kappa shape index (κ2) is 7.54. The smallest absolute Gasteiger partial charge is 0.236 e. The average Bonchev–Trinajstić information content (AvgIpc) is 2.21. The second-order valence-electron chi connectivity index (χ2n) is 5.74. The number of nitrogens with one attached hydrogen (secondary N) is 2. The van der Waals surface area contributed by atoms with Crippen LogP contribution in [-0.2, 0) is 4.79 Å². The van der Waals surface area contributed by atoms with Crippen molar-refractivity contribution in [1.29, 1.82) is 0 Å². The number of amides is 1. The Morgan fingerprint density at radius 3 is 2.12 bits per heavy atom. The van der Waals surface area contributed by atoms with Crippen molar-refractivity contribution in [2.45, 2.75) is 57.7 Å². The predicted octanol–water partition coefficient (Wildman–Crippen LogP) is 2.63. The summed E-state index contributed by atoms with van der Waals surface area (Å²) < 4.78 is -0.452. The maximum atomic E-state index is 11.7. The quantitative estimate of drug-likeness (QED) is 0.381. The number of carbonyl (C=O) groups excluding carboxylic acids is 1. The minimum absolute atomic E-state index is 0.0567. The largest absolute Gasteiger partial charge is 0.355 e. The van der Waals surface area contributed by atoms with Crippen LogP contribution in [-0.4, -0.2) is 29.3 Å². The Morgan fingerprint density at radius 1 is 1.12 bits per heavy atom. The van der Waals surface area contributed by atoms with Crippen LogP contribution in [0.5, 0.6) is 0 Å². The van der Waals surface area contributed by atoms with Crippen LogP contribution in [0, 0.1) is 0 Å². The molecule has 0 rings (SSSR count). The van der Waals surface area contributed by atoms with Gasteiger partial charge in [-0.05, 0) is 54.0 Å². The van der Waals surface area contributed by atoms with Crippen molar-refractivity contribution in [3.63, 3.8) is 0 Å². The van der Waals surface area contributed by atoms with E-state index in [1.54, 1.807) is 0 Å². The summed E-state index contributed by atoms with van der Waals surface area (Å²) in [5, 5.41) is 6.36. The number of hydrogen-bond donors (Lipinski definition) is 3. The first-order chi connectivity index (χ1) is 7.69. The number of unbranched alkanes of at least 4 members (excludes halogenated alkanes) is 1. The van der Waals surface area contributed by atoms with Gasteiger partial charge >= 0.3 is 0 Å². The average molecular weight is 278 g/mol. The molecule has 0 bridgehead atoms. The van der Waals surface area contributed by atoms with Crippen molar-refractivity contribution in [3.8, 4) is 0 Å². The zero-order chi connectivity index (χ0) is 13.5. The fraction of sp³-hybridized carbons (Fsp3) is 0.917. The molecule has 17 heavy (non-hydrogen) atoms. The van der Waals surface area contributed by atoms with Crippen LogP contribution in [0.15, 0.2) is 0 Å². The van der Waals surface area contributed by atoms with Gasteiger partial charge in [-0.3, -0.25) is 4.79 Å². The topological polar surface area (TPSA) is 41.1 Å². The zero-order valence-corrected chi connectivity index (χ0v) is 13.3. The molecule has 0 aliphatic rings. The first kappa shape index (κ1) is 17.1. The van der Waals surface area contributed by atoms with Gasteiger partial charge in [0.25, 0.3) is 0 Å². The van der Waals surface area contributed by atoms with Crippen LogP contribution in [0.25, 0.3) is 0 Å². The van der Waals surface area contributed by atoms with Gasteiger partial charge in [0.1, 0.15) is 0 Å². The van der Waals surface area contributed by atoms with E-state index in [-0.39, 0.29) is 11.4 Å². The third-order valence-corrected chi connectivity index (χ3v) is 4.33. The van der Waals surface area contributed by atoms with Crippen molar-refractivity contribution in [3.05, 3.63) is 0 Å². The summed E-state index contributed by atoms with van der Waals surface area (Å²) in [4.78, 5) is 11.7. The minimum Gasteiger partial charge on any atom is -0.355 e. The Labute approximate surface area is 115 Å². The van der Waals surface area contributed by atoms with E-state index in [2.05, 4.69) is 43.1 Å². The van der Waals surface area contributed by atoms with Crippen LogP contribution in [0.1, 0.15) is 47.5 Å². The van der Waals surface area contributed by atoms with E-state index in [0.717, 1.165) is 25.9 Å². The molecule has 1 amide bonds. The Hall–Kier alpha value is 0.130. The molecule has 0 aromatic rings. The van der Waals surface area contributed by atoms with Crippen molar-refractivity contribution >= 4 is 28.4 Å². The van der Waals surface area contributed by atoms with Gasteiger partial charge in [0.15, 0.2) is 0 Å². The molecule has 3 nitrogen and oxygen atoms in total. The summed E-state index contributed by atoms with van der Waals surface area (Å²) in [5.74, 6) is 0.0567. The first-order valence-electron chi connectivity index (χ1n) is 6.05.